The average molecular weight is 386 g/mol. The van der Waals surface area contributed by atoms with Crippen LogP contribution in [-0.2, 0) is 34.7 Å². The number of pyridine rings is 2. The van der Waals surface area contributed by atoms with Gasteiger partial charge in [0.1, 0.15) is 0 Å². The maximum Gasteiger partial charge on any atom is 0.0267 e. The summed E-state index contributed by atoms with van der Waals surface area (Å²) in [5.41, 5.74) is 0. The molecular formula is C10H22Cr2N2O7-2. The molecule has 2 heterocycles. The van der Waals surface area contributed by atoms with Crippen LogP contribution in [0.4, 0.5) is 0 Å². The van der Waals surface area contributed by atoms with E-state index in [2.05, 4.69) is 9.97 Å². The smallest absolute Gasteiger partial charge is 0.0267 e. The van der Waals surface area contributed by atoms with Crippen molar-refractivity contribution in [2.24, 2.45) is 0 Å². The third-order valence-electron chi connectivity index (χ3n) is 1.13. The molecule has 0 spiro atoms. The molecule has 0 saturated heterocycles. The Kier molecular flexibility index (Phi) is 144. The average Bonchev–Trinajstić information content (AvgIpc) is 2.24. The van der Waals surface area contributed by atoms with E-state index in [0.29, 0.717) is 0 Å². The molecule has 0 aliphatic rings. The number of hydrogen-bond donors (Lipinski definition) is 0. The van der Waals surface area contributed by atoms with E-state index in [1.165, 1.54) is 0 Å². The topological polar surface area (TPSA) is 243 Å². The van der Waals surface area contributed by atoms with Crippen LogP contribution in [-0.4, -0.2) is 48.3 Å². The van der Waals surface area contributed by atoms with Crippen LogP contribution >= 0.6 is 0 Å². The summed E-state index contributed by atoms with van der Waals surface area (Å²) < 4.78 is 0. The minimum atomic E-state index is 0. The molecule has 0 unspecified atom stereocenters. The van der Waals surface area contributed by atoms with Crippen LogP contribution in [0.15, 0.2) is 61.2 Å². The predicted molar refractivity (Wildman–Crippen MR) is 70.4 cm³/mol. The van der Waals surface area contributed by atoms with E-state index in [0.717, 1.165) is 0 Å². The van der Waals surface area contributed by atoms with Crippen LogP contribution in [0.2, 0.25) is 0 Å². The molecule has 2 aromatic rings. The zero-order chi connectivity index (χ0) is 8.49. The van der Waals surface area contributed by atoms with E-state index < -0.39 is 0 Å². The van der Waals surface area contributed by atoms with Crippen molar-refractivity contribution in [2.45, 2.75) is 0 Å². The van der Waals surface area contributed by atoms with Crippen LogP contribution in [0.3, 0.4) is 0 Å². The van der Waals surface area contributed by atoms with E-state index in [-0.39, 0.29) is 73.1 Å². The molecular weight excluding hydrogens is 364 g/mol. The molecule has 2 aromatic heterocycles. The van der Waals surface area contributed by atoms with Crippen LogP contribution in [0.1, 0.15) is 0 Å². The Labute approximate surface area is 144 Å². The Hall–Kier alpha value is -0.915. The van der Waals surface area contributed by atoms with Gasteiger partial charge in [0.25, 0.3) is 0 Å². The second kappa shape index (κ2) is 50.8. The van der Waals surface area contributed by atoms with Crippen LogP contribution in [0, 0.1) is 0 Å². The van der Waals surface area contributed by atoms with E-state index in [1.807, 2.05) is 36.4 Å². The van der Waals surface area contributed by atoms with Gasteiger partial charge in [0.05, 0.1) is 0 Å². The summed E-state index contributed by atoms with van der Waals surface area (Å²) in [4.78, 5) is 7.57. The Bertz CT molecular complexity index is 211. The van der Waals surface area contributed by atoms with E-state index in [4.69, 9.17) is 0 Å². The van der Waals surface area contributed by atoms with Crippen molar-refractivity contribution in [2.75, 3.05) is 0 Å². The third-order valence-corrected chi connectivity index (χ3v) is 1.13. The first-order chi connectivity index (χ1) is 6.00. The first kappa shape index (κ1) is 59.5. The summed E-state index contributed by atoms with van der Waals surface area (Å²) in [5.74, 6) is 0. The van der Waals surface area contributed by atoms with Gasteiger partial charge in [-0.2, -0.15) is 0 Å². The summed E-state index contributed by atoms with van der Waals surface area (Å²) in [6.07, 6.45) is 7.00. The maximum absolute atomic E-state index is 3.78. The molecule has 12 N–H and O–H groups in total. The summed E-state index contributed by atoms with van der Waals surface area (Å²) in [5, 5.41) is 0. The van der Waals surface area contributed by atoms with Crippen molar-refractivity contribution in [1.82, 2.24) is 9.97 Å². The van der Waals surface area contributed by atoms with Gasteiger partial charge >= 0.3 is 0 Å². The predicted octanol–water partition coefficient (Wildman–Crippen LogP) is -2.32. The van der Waals surface area contributed by atoms with Gasteiger partial charge in [-0.15, -0.1) is 0 Å². The van der Waals surface area contributed by atoms with E-state index in [1.54, 1.807) is 24.8 Å². The van der Waals surface area contributed by atoms with Crippen LogP contribution in [0.25, 0.3) is 0 Å². The molecule has 9 nitrogen and oxygen atoms in total. The molecule has 11 heteroatoms. The van der Waals surface area contributed by atoms with Crippen molar-refractivity contribution in [3.8, 4) is 0 Å². The number of nitrogens with zero attached hydrogens (tertiary/aromatic N) is 2. The van der Waals surface area contributed by atoms with Gasteiger partial charge in [0.2, 0.25) is 0 Å². The fourth-order valence-electron chi connectivity index (χ4n) is 0.625. The van der Waals surface area contributed by atoms with Gasteiger partial charge in [-0.3, -0.25) is 9.97 Å². The Morgan fingerprint density at radius 1 is 0.381 bits per heavy atom. The molecule has 0 fully saturated rings. The van der Waals surface area contributed by atoms with Gasteiger partial charge < -0.3 is 38.3 Å². The zero-order valence-corrected chi connectivity index (χ0v) is 13.4. The molecule has 0 aliphatic carbocycles. The molecule has 0 saturated carbocycles. The molecule has 128 valence electrons. The monoisotopic (exact) mass is 386 g/mol. The third kappa shape index (κ3) is 45.3. The molecule has 0 atom stereocenters. The van der Waals surface area contributed by atoms with Crippen molar-refractivity contribution in [3.63, 3.8) is 0 Å². The second-order valence-corrected chi connectivity index (χ2v) is 2.05. The maximum atomic E-state index is 3.78. The first-order valence-corrected chi connectivity index (χ1v) is 3.70. The van der Waals surface area contributed by atoms with Crippen LogP contribution in [0.5, 0.6) is 0 Å². The molecule has 21 heavy (non-hydrogen) atoms. The van der Waals surface area contributed by atoms with E-state index >= 15 is 0 Å². The Balaban J connectivity index is -0.0000000137. The minimum absolute atomic E-state index is 0. The first-order valence-electron chi connectivity index (χ1n) is 3.70. The summed E-state index contributed by atoms with van der Waals surface area (Å²) in [7, 11) is 0. The van der Waals surface area contributed by atoms with Gasteiger partial charge in [-0.05, 0) is 24.3 Å². The minimum Gasteiger partial charge on any atom is -0.870 e. The number of aromatic nitrogens is 2. The fraction of sp³-hybridized carbons (Fsp3) is 0. The molecule has 0 amide bonds. The Morgan fingerprint density at radius 2 is 0.571 bits per heavy atom. The SMILES string of the molecule is O.O.O.O.O.[Cr].[Cr].[OH-].[OH-].c1ccncc1.c1ccncc1. The standard InChI is InChI=1S/2C5H5N.2Cr.7H2O/c2*1-2-4-6-5-3-1;;;;;;;;;/h2*1-5H;;;7*1H2/p-2. The van der Waals surface area contributed by atoms with Gasteiger partial charge in [0, 0.05) is 59.5 Å². The van der Waals surface area contributed by atoms with Crippen LogP contribution < -0.4 is 0 Å². The molecule has 0 radical (unpaired) electrons. The normalized spacial score (nSPS) is 4.57. The summed E-state index contributed by atoms with van der Waals surface area (Å²) in [6, 6.07) is 11.4. The molecule has 0 aromatic carbocycles. The number of hydrogen-bond acceptors (Lipinski definition) is 4. The summed E-state index contributed by atoms with van der Waals surface area (Å²) in [6.45, 7) is 0. The van der Waals surface area contributed by atoms with Crippen molar-refractivity contribution >= 4 is 0 Å². The summed E-state index contributed by atoms with van der Waals surface area (Å²) >= 11 is 0. The Morgan fingerprint density at radius 3 is 0.619 bits per heavy atom. The van der Waals surface area contributed by atoms with E-state index in [9.17, 15) is 0 Å². The van der Waals surface area contributed by atoms with Crippen molar-refractivity contribution in [1.29, 1.82) is 0 Å². The van der Waals surface area contributed by atoms with Gasteiger partial charge in [-0.25, -0.2) is 0 Å². The fourth-order valence-corrected chi connectivity index (χ4v) is 0.625. The quantitative estimate of drug-likeness (QED) is 0.483. The second-order valence-electron chi connectivity index (χ2n) is 2.05. The zero-order valence-electron chi connectivity index (χ0n) is 10.9. The number of rotatable bonds is 0. The van der Waals surface area contributed by atoms with Crippen molar-refractivity contribution in [3.05, 3.63) is 61.2 Å². The van der Waals surface area contributed by atoms with Gasteiger partial charge in [0.15, 0.2) is 0 Å². The largest absolute Gasteiger partial charge is 0.870 e. The molecule has 2 rings (SSSR count). The molecule has 0 aliphatic heterocycles. The molecule has 0 bridgehead atoms. The van der Waals surface area contributed by atoms with Gasteiger partial charge in [-0.1, -0.05) is 12.1 Å². The van der Waals surface area contributed by atoms with Crippen molar-refractivity contribution < 1.29 is 73.1 Å².